The summed E-state index contributed by atoms with van der Waals surface area (Å²) in [6.45, 7) is 1.79. The Morgan fingerprint density at radius 2 is 1.67 bits per heavy atom. The minimum absolute atomic E-state index is 0.115. The highest BCUT2D eigenvalue weighted by molar-refractivity contribution is 5.73. The molecule has 0 heterocycles. The molecule has 5 heteroatoms. The Kier molecular flexibility index (Phi) is 4.52. The first-order chi connectivity index (χ1) is 9.94. The number of benzene rings is 2. The van der Waals surface area contributed by atoms with Gasteiger partial charge in [-0.15, -0.1) is 0 Å². The average Bonchev–Trinajstić information content (AvgIpc) is 2.37. The molecule has 2 aromatic rings. The highest BCUT2D eigenvalue weighted by atomic mass is 19.1. The molecule has 0 unspecified atom stereocenters. The molecular weight excluding hydrogens is 276 g/mol. The van der Waals surface area contributed by atoms with Crippen LogP contribution in [0.4, 0.5) is 14.5 Å². The van der Waals surface area contributed by atoms with Crippen LogP contribution in [0.3, 0.4) is 0 Å². The monoisotopic (exact) mass is 291 g/mol. The smallest absolute Gasteiger partial charge is 0.323 e. The summed E-state index contributed by atoms with van der Waals surface area (Å²) >= 11 is 0. The number of carboxylic acid groups (broad SMARTS) is 1. The fourth-order valence-corrected chi connectivity index (χ4v) is 2.08. The fraction of sp³-hybridized carbons (Fsp3) is 0.188. The maximum atomic E-state index is 13.2. The van der Waals surface area contributed by atoms with Crippen molar-refractivity contribution in [3.05, 3.63) is 65.2 Å². The van der Waals surface area contributed by atoms with Crippen LogP contribution in [0, 0.1) is 18.6 Å². The summed E-state index contributed by atoms with van der Waals surface area (Å²) in [5, 5.41) is 9.00. The van der Waals surface area contributed by atoms with E-state index in [1.165, 1.54) is 12.1 Å². The van der Waals surface area contributed by atoms with Gasteiger partial charge in [-0.1, -0.05) is 17.7 Å². The minimum atomic E-state index is -1.01. The third-order valence-electron chi connectivity index (χ3n) is 3.02. The van der Waals surface area contributed by atoms with Crippen LogP contribution >= 0.6 is 0 Å². The lowest BCUT2D eigenvalue weighted by atomic mass is 10.1. The van der Waals surface area contributed by atoms with E-state index >= 15 is 0 Å². The molecule has 0 atom stereocenters. The zero-order chi connectivity index (χ0) is 15.4. The molecule has 0 aliphatic heterocycles. The third kappa shape index (κ3) is 4.27. The van der Waals surface area contributed by atoms with E-state index in [1.54, 1.807) is 17.0 Å². The van der Waals surface area contributed by atoms with Gasteiger partial charge in [0.25, 0.3) is 0 Å². The standard InChI is InChI=1S/C16H15F2NO2/c1-11-2-4-15(5-3-11)19(10-16(20)21)9-12-6-13(17)8-14(18)7-12/h2-8H,9-10H2,1H3,(H,20,21). The molecule has 0 spiro atoms. The van der Waals surface area contributed by atoms with Crippen molar-refractivity contribution < 1.29 is 18.7 Å². The van der Waals surface area contributed by atoms with Crippen LogP contribution in [0.5, 0.6) is 0 Å². The number of carboxylic acids is 1. The van der Waals surface area contributed by atoms with Crippen LogP contribution in [0.1, 0.15) is 11.1 Å². The molecule has 21 heavy (non-hydrogen) atoms. The van der Waals surface area contributed by atoms with Crippen molar-refractivity contribution in [1.82, 2.24) is 0 Å². The van der Waals surface area contributed by atoms with Gasteiger partial charge >= 0.3 is 5.97 Å². The molecule has 0 aliphatic carbocycles. The van der Waals surface area contributed by atoms with Crippen LogP contribution in [0.2, 0.25) is 0 Å². The molecule has 0 saturated heterocycles. The summed E-state index contributed by atoms with van der Waals surface area (Å²) in [4.78, 5) is 12.5. The van der Waals surface area contributed by atoms with Gasteiger partial charge in [-0.05, 0) is 36.8 Å². The Morgan fingerprint density at radius 3 is 2.19 bits per heavy atom. The number of nitrogens with zero attached hydrogens (tertiary/aromatic N) is 1. The summed E-state index contributed by atoms with van der Waals surface area (Å²) in [6, 6.07) is 10.5. The van der Waals surface area contributed by atoms with Crippen LogP contribution < -0.4 is 4.90 Å². The van der Waals surface area contributed by atoms with E-state index in [-0.39, 0.29) is 13.1 Å². The first-order valence-corrected chi connectivity index (χ1v) is 6.42. The van der Waals surface area contributed by atoms with Crippen LogP contribution in [-0.4, -0.2) is 17.6 Å². The molecule has 0 radical (unpaired) electrons. The first kappa shape index (κ1) is 15.0. The molecule has 110 valence electrons. The second kappa shape index (κ2) is 6.35. The van der Waals surface area contributed by atoms with Gasteiger partial charge in [0.05, 0.1) is 0 Å². The molecule has 0 fully saturated rings. The van der Waals surface area contributed by atoms with E-state index in [0.29, 0.717) is 11.3 Å². The van der Waals surface area contributed by atoms with E-state index < -0.39 is 17.6 Å². The first-order valence-electron chi connectivity index (χ1n) is 6.42. The lowest BCUT2D eigenvalue weighted by molar-refractivity contribution is -0.135. The van der Waals surface area contributed by atoms with Crippen molar-refractivity contribution in [2.45, 2.75) is 13.5 Å². The van der Waals surface area contributed by atoms with Crippen molar-refractivity contribution in [2.75, 3.05) is 11.4 Å². The zero-order valence-corrected chi connectivity index (χ0v) is 11.5. The minimum Gasteiger partial charge on any atom is -0.480 e. The quantitative estimate of drug-likeness (QED) is 0.918. The van der Waals surface area contributed by atoms with Crippen molar-refractivity contribution >= 4 is 11.7 Å². The maximum Gasteiger partial charge on any atom is 0.323 e. The second-order valence-corrected chi connectivity index (χ2v) is 4.86. The van der Waals surface area contributed by atoms with E-state index in [9.17, 15) is 13.6 Å². The number of halogens is 2. The Morgan fingerprint density at radius 1 is 1.10 bits per heavy atom. The summed E-state index contributed by atoms with van der Waals surface area (Å²) in [5.74, 6) is -2.36. The third-order valence-corrected chi connectivity index (χ3v) is 3.02. The lowest BCUT2D eigenvalue weighted by Crippen LogP contribution is -2.29. The normalized spacial score (nSPS) is 10.4. The van der Waals surface area contributed by atoms with Crippen molar-refractivity contribution in [1.29, 1.82) is 0 Å². The molecule has 2 aromatic carbocycles. The maximum absolute atomic E-state index is 13.2. The molecule has 0 bridgehead atoms. The molecule has 3 nitrogen and oxygen atoms in total. The van der Waals surface area contributed by atoms with Crippen LogP contribution in [0.25, 0.3) is 0 Å². The molecule has 1 N–H and O–H groups in total. The van der Waals surface area contributed by atoms with Crippen LogP contribution in [0.15, 0.2) is 42.5 Å². The van der Waals surface area contributed by atoms with Gasteiger partial charge in [0, 0.05) is 18.3 Å². The largest absolute Gasteiger partial charge is 0.480 e. The molecule has 0 aromatic heterocycles. The Hall–Kier alpha value is -2.43. The summed E-state index contributed by atoms with van der Waals surface area (Å²) < 4.78 is 26.4. The topological polar surface area (TPSA) is 40.5 Å². The summed E-state index contributed by atoms with van der Waals surface area (Å²) in [5.41, 5.74) is 2.12. The zero-order valence-electron chi connectivity index (χ0n) is 11.5. The Balaban J connectivity index is 2.27. The van der Waals surface area contributed by atoms with E-state index in [0.717, 1.165) is 11.6 Å². The Bertz CT molecular complexity index is 621. The van der Waals surface area contributed by atoms with Gasteiger partial charge in [0.15, 0.2) is 0 Å². The number of aliphatic carboxylic acids is 1. The highest BCUT2D eigenvalue weighted by Crippen LogP contribution is 2.19. The number of hydrogen-bond acceptors (Lipinski definition) is 2. The number of hydrogen-bond donors (Lipinski definition) is 1. The molecule has 0 amide bonds. The predicted molar refractivity (Wildman–Crippen MR) is 76.2 cm³/mol. The van der Waals surface area contributed by atoms with Gasteiger partial charge in [-0.2, -0.15) is 0 Å². The van der Waals surface area contributed by atoms with Crippen molar-refractivity contribution in [2.24, 2.45) is 0 Å². The molecule has 2 rings (SSSR count). The van der Waals surface area contributed by atoms with E-state index in [2.05, 4.69) is 0 Å². The molecule has 0 aliphatic rings. The number of rotatable bonds is 5. The summed E-state index contributed by atoms with van der Waals surface area (Å²) in [7, 11) is 0. The predicted octanol–water partition coefficient (Wildman–Crippen LogP) is 3.36. The van der Waals surface area contributed by atoms with Crippen LogP contribution in [-0.2, 0) is 11.3 Å². The van der Waals surface area contributed by atoms with Gasteiger partial charge in [-0.3, -0.25) is 4.79 Å². The van der Waals surface area contributed by atoms with E-state index in [1.807, 2.05) is 19.1 Å². The molecular formula is C16H15F2NO2. The number of carbonyl (C=O) groups is 1. The number of aryl methyl sites for hydroxylation is 1. The summed E-state index contributed by atoms with van der Waals surface area (Å²) in [6.07, 6.45) is 0. The van der Waals surface area contributed by atoms with Gasteiger partial charge in [0.2, 0.25) is 0 Å². The molecule has 0 saturated carbocycles. The second-order valence-electron chi connectivity index (χ2n) is 4.86. The van der Waals surface area contributed by atoms with Gasteiger partial charge in [-0.25, -0.2) is 8.78 Å². The van der Waals surface area contributed by atoms with Crippen molar-refractivity contribution in [3.63, 3.8) is 0 Å². The average molecular weight is 291 g/mol. The van der Waals surface area contributed by atoms with Crippen molar-refractivity contribution in [3.8, 4) is 0 Å². The van der Waals surface area contributed by atoms with E-state index in [4.69, 9.17) is 5.11 Å². The Labute approximate surface area is 121 Å². The number of anilines is 1. The lowest BCUT2D eigenvalue weighted by Gasteiger charge is -2.23. The van der Waals surface area contributed by atoms with Gasteiger partial charge < -0.3 is 10.0 Å². The SMILES string of the molecule is Cc1ccc(N(CC(=O)O)Cc2cc(F)cc(F)c2)cc1. The highest BCUT2D eigenvalue weighted by Gasteiger charge is 2.12. The van der Waals surface area contributed by atoms with Gasteiger partial charge in [0.1, 0.15) is 18.2 Å². The fourth-order valence-electron chi connectivity index (χ4n) is 2.08.